The summed E-state index contributed by atoms with van der Waals surface area (Å²) in [4.78, 5) is 21.0. The zero-order chi connectivity index (χ0) is 28.4. The third-order valence-corrected chi connectivity index (χ3v) is 8.61. The van der Waals surface area contributed by atoms with Gasteiger partial charge >= 0.3 is 10.2 Å². The van der Waals surface area contributed by atoms with Gasteiger partial charge in [0.2, 0.25) is 5.78 Å². The van der Waals surface area contributed by atoms with Gasteiger partial charge in [-0.15, -0.1) is 0 Å². The highest BCUT2D eigenvalue weighted by Gasteiger charge is 2.26. The third-order valence-electron chi connectivity index (χ3n) is 7.06. The summed E-state index contributed by atoms with van der Waals surface area (Å²) in [5.74, 6) is -3.29. The van der Waals surface area contributed by atoms with Gasteiger partial charge in [0, 0.05) is 48.0 Å². The number of H-pyrrole nitrogens is 1. The molecule has 3 N–H and O–H groups in total. The normalized spacial score (nSPS) is 14.1. The van der Waals surface area contributed by atoms with E-state index in [0.29, 0.717) is 10.9 Å². The molecule has 3 heterocycles. The van der Waals surface area contributed by atoms with E-state index >= 15 is 4.39 Å². The molecule has 0 unspecified atom stereocenters. The summed E-state index contributed by atoms with van der Waals surface area (Å²) in [6.07, 6.45) is 7.25. The quantitative estimate of drug-likeness (QED) is 0.257. The van der Waals surface area contributed by atoms with Gasteiger partial charge in [-0.25, -0.2) is 8.78 Å². The minimum absolute atomic E-state index is 0.0561. The van der Waals surface area contributed by atoms with Gasteiger partial charge in [0.25, 0.3) is 0 Å². The molecule has 8 nitrogen and oxygen atoms in total. The largest absolute Gasteiger partial charge is 0.360 e. The van der Waals surface area contributed by atoms with E-state index in [1.54, 1.807) is 25.3 Å². The van der Waals surface area contributed by atoms with Crippen molar-refractivity contribution in [2.24, 2.45) is 0 Å². The van der Waals surface area contributed by atoms with Crippen molar-refractivity contribution in [3.05, 3.63) is 88.9 Å². The standard InChI is InChI=1S/C29H29F2N5O3S/c1-3-36(2)40(38,39)35-26-9-7-24(30)27(28(26)31)29(37)23-17-34-25-8-5-19(15-22(23)25)20-4-6-21(33-16-20)14-18-10-12-32-13-11-18/h4-9,14-17,32,34-35H,3,10-13H2,1-2H3. The van der Waals surface area contributed by atoms with Crippen molar-refractivity contribution in [2.75, 3.05) is 31.4 Å². The fraction of sp³-hybridized carbons (Fsp3) is 0.241. The number of aromatic nitrogens is 2. The first-order chi connectivity index (χ1) is 19.2. The van der Waals surface area contributed by atoms with Crippen LogP contribution in [0, 0.1) is 11.6 Å². The Morgan fingerprint density at radius 2 is 1.85 bits per heavy atom. The maximum atomic E-state index is 15.4. The predicted molar refractivity (Wildman–Crippen MR) is 152 cm³/mol. The molecule has 0 aliphatic carbocycles. The number of nitrogens with zero attached hydrogens (tertiary/aromatic N) is 2. The number of hydrogen-bond donors (Lipinski definition) is 3. The van der Waals surface area contributed by atoms with Crippen molar-refractivity contribution < 1.29 is 22.0 Å². The van der Waals surface area contributed by atoms with Gasteiger partial charge in [0.1, 0.15) is 5.82 Å². The summed E-state index contributed by atoms with van der Waals surface area (Å²) in [6.45, 7) is 3.67. The Morgan fingerprint density at radius 1 is 1.10 bits per heavy atom. The summed E-state index contributed by atoms with van der Waals surface area (Å²) < 4.78 is 58.0. The van der Waals surface area contributed by atoms with Crippen LogP contribution >= 0.6 is 0 Å². The predicted octanol–water partition coefficient (Wildman–Crippen LogP) is 5.11. The topological polar surface area (TPSA) is 107 Å². The number of aromatic amines is 1. The van der Waals surface area contributed by atoms with Crippen LogP contribution in [0.15, 0.2) is 60.4 Å². The third kappa shape index (κ3) is 5.53. The molecule has 11 heteroatoms. The lowest BCUT2D eigenvalue weighted by Crippen LogP contribution is -2.32. The first-order valence-electron chi connectivity index (χ1n) is 12.9. The average molecular weight is 566 g/mol. The molecule has 208 valence electrons. The first kappa shape index (κ1) is 27.6. The van der Waals surface area contributed by atoms with Crippen molar-refractivity contribution in [2.45, 2.75) is 19.8 Å². The van der Waals surface area contributed by atoms with Gasteiger partial charge in [-0.2, -0.15) is 12.7 Å². The second-order valence-electron chi connectivity index (χ2n) is 9.62. The van der Waals surface area contributed by atoms with Crippen LogP contribution in [0.2, 0.25) is 0 Å². The molecular formula is C29H29F2N5O3S. The van der Waals surface area contributed by atoms with Crippen LogP contribution in [0.25, 0.3) is 28.1 Å². The molecule has 5 rings (SSSR count). The van der Waals surface area contributed by atoms with Gasteiger partial charge in [0.15, 0.2) is 5.82 Å². The number of pyridine rings is 1. The molecule has 0 radical (unpaired) electrons. The Kier molecular flexibility index (Phi) is 7.79. The molecule has 4 aromatic rings. The van der Waals surface area contributed by atoms with E-state index in [1.165, 1.54) is 18.8 Å². The minimum Gasteiger partial charge on any atom is -0.360 e. The number of fused-ring (bicyclic) bond motifs is 1. The van der Waals surface area contributed by atoms with Crippen LogP contribution in [0.3, 0.4) is 0 Å². The first-order valence-corrected chi connectivity index (χ1v) is 14.4. The fourth-order valence-electron chi connectivity index (χ4n) is 4.61. The summed E-state index contributed by atoms with van der Waals surface area (Å²) in [5.41, 5.74) is 3.12. The Morgan fingerprint density at radius 3 is 2.55 bits per heavy atom. The fourth-order valence-corrected chi connectivity index (χ4v) is 5.54. The number of rotatable bonds is 8. The zero-order valence-corrected chi connectivity index (χ0v) is 22.9. The van der Waals surface area contributed by atoms with Crippen molar-refractivity contribution in [1.29, 1.82) is 0 Å². The van der Waals surface area contributed by atoms with Gasteiger partial charge in [-0.05, 0) is 67.9 Å². The van der Waals surface area contributed by atoms with Crippen LogP contribution in [-0.2, 0) is 10.2 Å². The number of halogens is 2. The Balaban J connectivity index is 1.47. The number of carbonyl (C=O) groups excluding carboxylic acids is 1. The van der Waals surface area contributed by atoms with E-state index in [0.717, 1.165) is 59.2 Å². The van der Waals surface area contributed by atoms with Crippen LogP contribution in [0.5, 0.6) is 0 Å². The highest BCUT2D eigenvalue weighted by molar-refractivity contribution is 7.90. The zero-order valence-electron chi connectivity index (χ0n) is 22.1. The Labute approximate surface area is 231 Å². The lowest BCUT2D eigenvalue weighted by atomic mass is 9.98. The summed E-state index contributed by atoms with van der Waals surface area (Å²) in [6, 6.07) is 11.1. The molecule has 1 fully saturated rings. The second kappa shape index (κ2) is 11.3. The molecule has 0 spiro atoms. The van der Waals surface area contributed by atoms with Crippen molar-refractivity contribution in [3.8, 4) is 11.1 Å². The highest BCUT2D eigenvalue weighted by Crippen LogP contribution is 2.31. The average Bonchev–Trinajstić information content (AvgIpc) is 3.38. The number of carbonyl (C=O) groups is 1. The van der Waals surface area contributed by atoms with E-state index < -0.39 is 38.9 Å². The van der Waals surface area contributed by atoms with E-state index in [4.69, 9.17) is 0 Å². The van der Waals surface area contributed by atoms with Crippen LogP contribution in [-0.4, -0.2) is 55.2 Å². The summed E-state index contributed by atoms with van der Waals surface area (Å²) in [7, 11) is -2.77. The minimum atomic E-state index is -4.09. The van der Waals surface area contributed by atoms with E-state index in [9.17, 15) is 17.6 Å². The van der Waals surface area contributed by atoms with E-state index in [-0.39, 0.29) is 12.1 Å². The number of piperidine rings is 1. The molecule has 2 aromatic carbocycles. The summed E-state index contributed by atoms with van der Waals surface area (Å²) in [5, 5.41) is 3.80. The molecule has 1 aliphatic heterocycles. The van der Waals surface area contributed by atoms with Gasteiger partial charge < -0.3 is 10.3 Å². The SMILES string of the molecule is CCN(C)S(=O)(=O)Nc1ccc(F)c(C(=O)c2c[nH]c3ccc(-c4ccc(C=C5CCNCC5)nc4)cc23)c1F. The van der Waals surface area contributed by atoms with Crippen LogP contribution in [0.4, 0.5) is 14.5 Å². The van der Waals surface area contributed by atoms with E-state index in [1.807, 2.05) is 18.2 Å². The smallest absolute Gasteiger partial charge is 0.301 e. The van der Waals surface area contributed by atoms with Crippen molar-refractivity contribution in [3.63, 3.8) is 0 Å². The number of hydrogen-bond acceptors (Lipinski definition) is 5. The Bertz CT molecular complexity index is 1710. The highest BCUT2D eigenvalue weighted by atomic mass is 32.2. The molecule has 0 bridgehead atoms. The number of anilines is 1. The summed E-state index contributed by atoms with van der Waals surface area (Å²) >= 11 is 0. The second-order valence-corrected chi connectivity index (χ2v) is 11.4. The lowest BCUT2D eigenvalue weighted by molar-refractivity contribution is 0.103. The molecule has 2 aromatic heterocycles. The number of nitrogens with one attached hydrogen (secondary N) is 3. The van der Waals surface area contributed by atoms with Gasteiger partial charge in [-0.3, -0.25) is 14.5 Å². The molecule has 1 aliphatic rings. The van der Waals surface area contributed by atoms with Crippen molar-refractivity contribution in [1.82, 2.24) is 19.6 Å². The van der Waals surface area contributed by atoms with Crippen molar-refractivity contribution >= 4 is 38.7 Å². The lowest BCUT2D eigenvalue weighted by Gasteiger charge is -2.17. The maximum Gasteiger partial charge on any atom is 0.301 e. The number of ketones is 1. The monoisotopic (exact) mass is 565 g/mol. The number of benzene rings is 2. The molecule has 0 amide bonds. The van der Waals surface area contributed by atoms with E-state index in [2.05, 4.69) is 26.1 Å². The van der Waals surface area contributed by atoms with Crippen LogP contribution in [0.1, 0.15) is 41.4 Å². The Hall–Kier alpha value is -3.93. The molecule has 40 heavy (non-hydrogen) atoms. The van der Waals surface area contributed by atoms with Gasteiger partial charge in [0.05, 0.1) is 16.9 Å². The molecule has 0 atom stereocenters. The molecular weight excluding hydrogens is 536 g/mol. The molecule has 0 saturated carbocycles. The van der Waals surface area contributed by atoms with Crippen LogP contribution < -0.4 is 10.0 Å². The molecule has 1 saturated heterocycles. The van der Waals surface area contributed by atoms with Gasteiger partial charge in [-0.1, -0.05) is 24.6 Å². The maximum absolute atomic E-state index is 15.4.